The van der Waals surface area contributed by atoms with Crippen molar-refractivity contribution < 1.29 is 4.74 Å². The minimum atomic E-state index is -0.348. The third-order valence-corrected chi connectivity index (χ3v) is 4.67. The molecule has 4 rings (SSSR count). The third-order valence-electron chi connectivity index (χ3n) is 4.67. The highest BCUT2D eigenvalue weighted by Gasteiger charge is 2.38. The molecule has 0 spiro atoms. The molecule has 0 N–H and O–H groups in total. The first kappa shape index (κ1) is 15.5. The van der Waals surface area contributed by atoms with Gasteiger partial charge in [0.25, 0.3) is 6.17 Å². The van der Waals surface area contributed by atoms with Crippen molar-refractivity contribution in [2.45, 2.75) is 13.1 Å². The maximum absolute atomic E-state index is 13.2. The number of hydrogen-bond acceptors (Lipinski definition) is 2. The number of nitrogens with zero attached hydrogens (tertiary/aromatic N) is 2. The standard InChI is InChI=1S/C22H20N2O/c1-17-12-14-20(15-13-17)23-16-21(18-8-4-2-5-9-18)24(25)22(23)19-10-6-3-7-11-19/h2-15,22H,16H2,1H3/t22-/m0/s1. The van der Waals surface area contributed by atoms with Gasteiger partial charge in [-0.15, -0.1) is 0 Å². The van der Waals surface area contributed by atoms with E-state index in [0.29, 0.717) is 6.54 Å². The van der Waals surface area contributed by atoms with Crippen LogP contribution in [0.5, 0.6) is 0 Å². The van der Waals surface area contributed by atoms with E-state index in [1.165, 1.54) is 5.56 Å². The third kappa shape index (κ3) is 2.89. The summed E-state index contributed by atoms with van der Waals surface area (Å²) in [5.74, 6) is 0. The molecule has 0 unspecified atom stereocenters. The molecule has 1 aliphatic rings. The summed E-state index contributed by atoms with van der Waals surface area (Å²) in [5, 5.41) is 13.2. The first-order valence-corrected chi connectivity index (χ1v) is 8.50. The van der Waals surface area contributed by atoms with Crippen LogP contribution >= 0.6 is 0 Å². The van der Waals surface area contributed by atoms with Crippen LogP contribution in [0, 0.1) is 12.1 Å². The zero-order valence-electron chi connectivity index (χ0n) is 14.2. The van der Waals surface area contributed by atoms with Crippen molar-refractivity contribution >= 4 is 11.4 Å². The number of benzene rings is 3. The van der Waals surface area contributed by atoms with E-state index in [1.54, 1.807) is 0 Å². The molecule has 0 saturated carbocycles. The van der Waals surface area contributed by atoms with Gasteiger partial charge >= 0.3 is 0 Å². The van der Waals surface area contributed by atoms with E-state index in [-0.39, 0.29) is 6.17 Å². The van der Waals surface area contributed by atoms with Gasteiger partial charge in [-0.1, -0.05) is 66.2 Å². The molecule has 1 heterocycles. The van der Waals surface area contributed by atoms with Crippen LogP contribution in [-0.2, 0) is 0 Å². The Bertz CT molecular complexity index is 886. The van der Waals surface area contributed by atoms with Crippen molar-refractivity contribution in [3.8, 4) is 0 Å². The quantitative estimate of drug-likeness (QED) is 0.523. The van der Waals surface area contributed by atoms with Crippen LogP contribution in [0.15, 0.2) is 84.9 Å². The molecule has 3 nitrogen and oxygen atoms in total. The normalized spacial score (nSPS) is 17.2. The zero-order valence-corrected chi connectivity index (χ0v) is 14.2. The van der Waals surface area contributed by atoms with Crippen LogP contribution in [0.2, 0.25) is 0 Å². The van der Waals surface area contributed by atoms with Gasteiger partial charge in [-0.05, 0) is 31.2 Å². The van der Waals surface area contributed by atoms with Crippen molar-refractivity contribution in [1.29, 1.82) is 0 Å². The molecule has 0 fully saturated rings. The van der Waals surface area contributed by atoms with Crippen molar-refractivity contribution in [2.24, 2.45) is 0 Å². The van der Waals surface area contributed by atoms with Gasteiger partial charge in [0.15, 0.2) is 0 Å². The molecule has 0 aromatic heterocycles. The van der Waals surface area contributed by atoms with E-state index >= 15 is 0 Å². The molecule has 3 aromatic carbocycles. The van der Waals surface area contributed by atoms with Gasteiger partial charge in [-0.3, -0.25) is 4.90 Å². The van der Waals surface area contributed by atoms with E-state index in [2.05, 4.69) is 36.1 Å². The lowest BCUT2D eigenvalue weighted by Gasteiger charge is -2.24. The van der Waals surface area contributed by atoms with Crippen LogP contribution in [0.25, 0.3) is 0 Å². The molecule has 0 radical (unpaired) electrons. The minimum absolute atomic E-state index is 0.348. The van der Waals surface area contributed by atoms with E-state index in [1.807, 2.05) is 60.7 Å². The smallest absolute Gasteiger partial charge is 0.266 e. The average molecular weight is 328 g/mol. The molecule has 0 saturated heterocycles. The number of rotatable bonds is 3. The van der Waals surface area contributed by atoms with Gasteiger partial charge in [-0.25, -0.2) is 0 Å². The Balaban J connectivity index is 1.81. The Morgan fingerprint density at radius 1 is 0.840 bits per heavy atom. The molecule has 3 heteroatoms. The van der Waals surface area contributed by atoms with Crippen LogP contribution < -0.4 is 4.90 Å². The predicted octanol–water partition coefficient (Wildman–Crippen LogP) is 4.51. The summed E-state index contributed by atoms with van der Waals surface area (Å²) in [5.41, 5.74) is 5.06. The molecule has 0 bridgehead atoms. The van der Waals surface area contributed by atoms with Crippen molar-refractivity contribution in [1.82, 2.24) is 0 Å². The Kier molecular flexibility index (Phi) is 3.98. The zero-order chi connectivity index (χ0) is 17.2. The first-order valence-electron chi connectivity index (χ1n) is 8.50. The number of aryl methyl sites for hydroxylation is 1. The molecule has 0 aliphatic carbocycles. The highest BCUT2D eigenvalue weighted by atomic mass is 16.5. The van der Waals surface area contributed by atoms with Crippen molar-refractivity contribution in [3.05, 3.63) is 107 Å². The van der Waals surface area contributed by atoms with Gasteiger partial charge < -0.3 is 5.21 Å². The molecular formula is C22H20N2O. The largest absolute Gasteiger partial charge is 0.622 e. The second-order valence-corrected chi connectivity index (χ2v) is 6.39. The summed E-state index contributed by atoms with van der Waals surface area (Å²) in [7, 11) is 0. The molecule has 1 atom stereocenters. The molecule has 1 aliphatic heterocycles. The Labute approximate surface area is 148 Å². The van der Waals surface area contributed by atoms with Gasteiger partial charge in [-0.2, -0.15) is 4.74 Å². The fourth-order valence-corrected chi connectivity index (χ4v) is 3.35. The Morgan fingerprint density at radius 2 is 1.44 bits per heavy atom. The van der Waals surface area contributed by atoms with Crippen LogP contribution in [0.4, 0.5) is 5.69 Å². The van der Waals surface area contributed by atoms with E-state index < -0.39 is 0 Å². The van der Waals surface area contributed by atoms with Crippen LogP contribution in [0.1, 0.15) is 22.9 Å². The monoisotopic (exact) mass is 328 g/mol. The van der Waals surface area contributed by atoms with Gasteiger partial charge in [0, 0.05) is 16.8 Å². The fraction of sp³-hybridized carbons (Fsp3) is 0.136. The summed E-state index contributed by atoms with van der Waals surface area (Å²) in [6.07, 6.45) is -0.348. The fourth-order valence-electron chi connectivity index (χ4n) is 3.35. The Hall–Kier alpha value is -3.07. The lowest BCUT2D eigenvalue weighted by molar-refractivity contribution is -0.497. The lowest BCUT2D eigenvalue weighted by atomic mass is 10.1. The second kappa shape index (κ2) is 6.44. The van der Waals surface area contributed by atoms with Gasteiger partial charge in [0.2, 0.25) is 5.71 Å². The summed E-state index contributed by atoms with van der Waals surface area (Å²) >= 11 is 0. The minimum Gasteiger partial charge on any atom is -0.622 e. The molecule has 3 aromatic rings. The van der Waals surface area contributed by atoms with Crippen LogP contribution in [0.3, 0.4) is 0 Å². The molecule has 25 heavy (non-hydrogen) atoms. The topological polar surface area (TPSA) is 29.3 Å². The first-order chi connectivity index (χ1) is 12.2. The number of hydrogen-bond donors (Lipinski definition) is 0. The second-order valence-electron chi connectivity index (χ2n) is 6.39. The maximum Gasteiger partial charge on any atom is 0.266 e. The maximum atomic E-state index is 13.2. The van der Waals surface area contributed by atoms with Crippen molar-refractivity contribution in [3.63, 3.8) is 0 Å². The lowest BCUT2D eigenvalue weighted by Crippen LogP contribution is -2.28. The summed E-state index contributed by atoms with van der Waals surface area (Å²) in [6.45, 7) is 2.67. The highest BCUT2D eigenvalue weighted by Crippen LogP contribution is 2.33. The summed E-state index contributed by atoms with van der Waals surface area (Å²) in [4.78, 5) is 2.17. The summed E-state index contributed by atoms with van der Waals surface area (Å²) < 4.78 is 1.16. The number of hydroxylamine groups is 1. The molecule has 0 amide bonds. The summed E-state index contributed by atoms with van der Waals surface area (Å²) in [6, 6.07) is 28.3. The number of anilines is 1. The SMILES string of the molecule is Cc1ccc(N2CC(c3ccccc3)=[N+]([O-])[C@H]2c2ccccc2)cc1. The average Bonchev–Trinajstić information content (AvgIpc) is 3.01. The van der Waals surface area contributed by atoms with Gasteiger partial charge in [0.05, 0.1) is 0 Å². The predicted molar refractivity (Wildman–Crippen MR) is 102 cm³/mol. The van der Waals surface area contributed by atoms with E-state index in [0.717, 1.165) is 27.3 Å². The highest BCUT2D eigenvalue weighted by molar-refractivity contribution is 6.01. The van der Waals surface area contributed by atoms with E-state index in [4.69, 9.17) is 0 Å². The van der Waals surface area contributed by atoms with Gasteiger partial charge in [0.1, 0.15) is 6.54 Å². The molecular weight excluding hydrogens is 308 g/mol. The Morgan fingerprint density at radius 3 is 2.08 bits per heavy atom. The van der Waals surface area contributed by atoms with Crippen LogP contribution in [-0.4, -0.2) is 17.0 Å². The van der Waals surface area contributed by atoms with Crippen molar-refractivity contribution in [2.75, 3.05) is 11.4 Å². The molecule has 124 valence electrons. The van der Waals surface area contributed by atoms with E-state index in [9.17, 15) is 5.21 Å².